The minimum absolute atomic E-state index is 0.197. The smallest absolute Gasteiger partial charge is 0.240 e. The van der Waals surface area contributed by atoms with Crippen molar-refractivity contribution >= 4 is 44.2 Å². The van der Waals surface area contributed by atoms with Crippen LogP contribution in [0, 0.1) is 9.49 Å². The monoisotopic (exact) mass is 424 g/mol. The average molecular weight is 424 g/mol. The summed E-state index contributed by atoms with van der Waals surface area (Å²) in [6, 6.07) is 7.02. The molecule has 0 unspecified atom stereocenters. The van der Waals surface area contributed by atoms with Crippen molar-refractivity contribution in [1.82, 2.24) is 5.32 Å². The molecule has 118 valence electrons. The Balaban J connectivity index is 2.76. The molecule has 21 heavy (non-hydrogen) atoms. The van der Waals surface area contributed by atoms with Gasteiger partial charge in [0.05, 0.1) is 11.9 Å². The number of carbonyl (C=O) groups excluding carboxylic acids is 1. The highest BCUT2D eigenvalue weighted by Gasteiger charge is 2.20. The summed E-state index contributed by atoms with van der Waals surface area (Å²) in [5.41, 5.74) is 0.497. The van der Waals surface area contributed by atoms with Crippen molar-refractivity contribution in [3.8, 4) is 0 Å². The van der Waals surface area contributed by atoms with Crippen molar-refractivity contribution in [3.63, 3.8) is 0 Å². The molecule has 0 heterocycles. The first kappa shape index (κ1) is 18.2. The summed E-state index contributed by atoms with van der Waals surface area (Å²) in [7, 11) is -3.50. The van der Waals surface area contributed by atoms with Crippen LogP contribution >= 0.6 is 22.6 Å². The number of nitrogens with zero attached hydrogens (tertiary/aromatic N) is 1. The normalized spacial score (nSPS) is 11.5. The minimum atomic E-state index is -3.50. The van der Waals surface area contributed by atoms with Gasteiger partial charge in [-0.15, -0.1) is 0 Å². The van der Waals surface area contributed by atoms with E-state index in [0.29, 0.717) is 18.2 Å². The highest BCUT2D eigenvalue weighted by atomic mass is 127. The molecule has 0 atom stereocenters. The molecule has 0 bridgehead atoms. The lowest BCUT2D eigenvalue weighted by Gasteiger charge is -2.22. The highest BCUT2D eigenvalue weighted by Crippen LogP contribution is 2.18. The van der Waals surface area contributed by atoms with Gasteiger partial charge in [0.25, 0.3) is 0 Å². The first-order valence-corrected chi connectivity index (χ1v) is 9.63. The molecule has 0 aromatic heterocycles. The first-order valence-electron chi connectivity index (χ1n) is 6.70. The van der Waals surface area contributed by atoms with Crippen LogP contribution in [0.2, 0.25) is 0 Å². The number of hydrogen-bond acceptors (Lipinski definition) is 3. The number of halogens is 1. The Morgan fingerprint density at radius 3 is 2.33 bits per heavy atom. The molecule has 0 aliphatic heterocycles. The second kappa shape index (κ2) is 7.98. The van der Waals surface area contributed by atoms with Crippen LogP contribution in [0.25, 0.3) is 0 Å². The molecule has 0 spiro atoms. The van der Waals surface area contributed by atoms with E-state index in [-0.39, 0.29) is 12.5 Å². The SMILES string of the molecule is CC(C)CCNC(=O)CN(c1ccc(I)cc1)S(C)(=O)=O. The molecule has 1 aromatic rings. The standard InChI is InChI=1S/C14H21IN2O3S/c1-11(2)8-9-16-14(18)10-17(21(3,19)20)13-6-4-12(15)5-7-13/h4-7,11H,8-10H2,1-3H3,(H,16,18). The van der Waals surface area contributed by atoms with Crippen LogP contribution in [0.3, 0.4) is 0 Å². The Kier molecular flexibility index (Phi) is 6.92. The Labute approximate surface area is 140 Å². The van der Waals surface area contributed by atoms with Crippen LogP contribution in [0.5, 0.6) is 0 Å². The maximum absolute atomic E-state index is 11.9. The number of benzene rings is 1. The summed E-state index contributed by atoms with van der Waals surface area (Å²) in [4.78, 5) is 11.9. The van der Waals surface area contributed by atoms with Crippen molar-refractivity contribution in [2.45, 2.75) is 20.3 Å². The van der Waals surface area contributed by atoms with Gasteiger partial charge in [0.15, 0.2) is 0 Å². The van der Waals surface area contributed by atoms with Crippen LogP contribution in [-0.2, 0) is 14.8 Å². The van der Waals surface area contributed by atoms with E-state index in [4.69, 9.17) is 0 Å². The molecule has 0 aliphatic rings. The Morgan fingerprint density at radius 2 is 1.86 bits per heavy atom. The third kappa shape index (κ3) is 6.64. The molecule has 1 amide bonds. The van der Waals surface area contributed by atoms with Crippen LogP contribution in [0.1, 0.15) is 20.3 Å². The van der Waals surface area contributed by atoms with E-state index in [1.807, 2.05) is 12.1 Å². The zero-order valence-corrected chi connectivity index (χ0v) is 15.4. The molecule has 0 saturated heterocycles. The molecule has 7 heteroatoms. The number of sulfonamides is 1. The maximum atomic E-state index is 11.9. The van der Waals surface area contributed by atoms with Crippen molar-refractivity contribution in [2.24, 2.45) is 5.92 Å². The zero-order valence-electron chi connectivity index (χ0n) is 12.5. The summed E-state index contributed by atoms with van der Waals surface area (Å²) < 4.78 is 25.9. The fraction of sp³-hybridized carbons (Fsp3) is 0.500. The largest absolute Gasteiger partial charge is 0.355 e. The molecule has 0 fully saturated rings. The van der Waals surface area contributed by atoms with E-state index >= 15 is 0 Å². The third-order valence-corrected chi connectivity index (χ3v) is 4.71. The van der Waals surface area contributed by atoms with E-state index in [1.165, 1.54) is 0 Å². The number of carbonyl (C=O) groups is 1. The Hall–Kier alpha value is -0.830. The molecule has 0 saturated carbocycles. The van der Waals surface area contributed by atoms with E-state index < -0.39 is 10.0 Å². The second-order valence-corrected chi connectivity index (χ2v) is 8.43. The van der Waals surface area contributed by atoms with Crippen molar-refractivity contribution < 1.29 is 13.2 Å². The lowest BCUT2D eigenvalue weighted by molar-refractivity contribution is -0.119. The zero-order chi connectivity index (χ0) is 16.0. The molecular formula is C14H21IN2O3S. The Morgan fingerprint density at radius 1 is 1.29 bits per heavy atom. The van der Waals surface area contributed by atoms with Crippen molar-refractivity contribution in [2.75, 3.05) is 23.7 Å². The molecule has 1 aromatic carbocycles. The van der Waals surface area contributed by atoms with Gasteiger partial charge < -0.3 is 5.32 Å². The summed E-state index contributed by atoms with van der Waals surface area (Å²) in [5.74, 6) is 0.201. The van der Waals surface area contributed by atoms with Crippen LogP contribution in [-0.4, -0.2) is 33.7 Å². The lowest BCUT2D eigenvalue weighted by Crippen LogP contribution is -2.40. The summed E-state index contributed by atoms with van der Waals surface area (Å²) >= 11 is 2.14. The van der Waals surface area contributed by atoms with E-state index in [1.54, 1.807) is 12.1 Å². The Bertz CT molecular complexity index is 570. The van der Waals surface area contributed by atoms with Gasteiger partial charge in [0.1, 0.15) is 6.54 Å². The van der Waals surface area contributed by atoms with E-state index in [9.17, 15) is 13.2 Å². The van der Waals surface area contributed by atoms with Crippen molar-refractivity contribution in [1.29, 1.82) is 0 Å². The number of rotatable bonds is 7. The molecule has 0 radical (unpaired) electrons. The summed E-state index contributed by atoms with van der Waals surface area (Å²) in [5, 5.41) is 2.75. The van der Waals surface area contributed by atoms with Crippen LogP contribution in [0.4, 0.5) is 5.69 Å². The third-order valence-electron chi connectivity index (χ3n) is 2.85. The predicted molar refractivity (Wildman–Crippen MR) is 93.8 cm³/mol. The fourth-order valence-corrected chi connectivity index (χ4v) is 2.91. The van der Waals surface area contributed by atoms with Gasteiger partial charge in [-0.2, -0.15) is 0 Å². The molecule has 1 N–H and O–H groups in total. The van der Waals surface area contributed by atoms with Gasteiger partial charge >= 0.3 is 0 Å². The molecule has 0 aliphatic carbocycles. The number of amides is 1. The molecule has 5 nitrogen and oxygen atoms in total. The van der Waals surface area contributed by atoms with Gasteiger partial charge in [0.2, 0.25) is 15.9 Å². The lowest BCUT2D eigenvalue weighted by atomic mass is 10.1. The predicted octanol–water partition coefficient (Wildman–Crippen LogP) is 2.22. The van der Waals surface area contributed by atoms with E-state index in [2.05, 4.69) is 41.8 Å². The molecular weight excluding hydrogens is 403 g/mol. The van der Waals surface area contributed by atoms with Gasteiger partial charge in [0, 0.05) is 10.1 Å². The van der Waals surface area contributed by atoms with Gasteiger partial charge in [-0.1, -0.05) is 13.8 Å². The number of nitrogens with one attached hydrogen (secondary N) is 1. The van der Waals surface area contributed by atoms with Gasteiger partial charge in [-0.25, -0.2) is 8.42 Å². The van der Waals surface area contributed by atoms with Crippen molar-refractivity contribution in [3.05, 3.63) is 27.8 Å². The van der Waals surface area contributed by atoms with Gasteiger partial charge in [-0.3, -0.25) is 9.10 Å². The number of hydrogen-bond donors (Lipinski definition) is 1. The quantitative estimate of drug-likeness (QED) is 0.683. The van der Waals surface area contributed by atoms with Crippen LogP contribution < -0.4 is 9.62 Å². The highest BCUT2D eigenvalue weighted by molar-refractivity contribution is 14.1. The van der Waals surface area contributed by atoms with Gasteiger partial charge in [-0.05, 0) is 59.2 Å². The number of anilines is 1. The fourth-order valence-electron chi connectivity index (χ4n) is 1.69. The topological polar surface area (TPSA) is 66.5 Å². The second-order valence-electron chi connectivity index (χ2n) is 5.28. The van der Waals surface area contributed by atoms with Crippen LogP contribution in [0.15, 0.2) is 24.3 Å². The van der Waals surface area contributed by atoms with E-state index in [0.717, 1.165) is 20.6 Å². The average Bonchev–Trinajstić information content (AvgIpc) is 2.35. The summed E-state index contributed by atoms with van der Waals surface area (Å²) in [6.07, 6.45) is 1.97. The maximum Gasteiger partial charge on any atom is 0.240 e. The summed E-state index contributed by atoms with van der Waals surface area (Å²) in [6.45, 7) is 4.50. The first-order chi connectivity index (χ1) is 9.70. The minimum Gasteiger partial charge on any atom is -0.355 e. The molecule has 1 rings (SSSR count).